The molecule has 0 aromatic heterocycles. The first-order valence-electron chi connectivity index (χ1n) is 7.81. The number of unbranched alkanes of at least 4 members (excludes halogenated alkanes) is 7. The summed E-state index contributed by atoms with van der Waals surface area (Å²) in [6, 6.07) is 4.84. The second-order valence-electron chi connectivity index (χ2n) is 5.40. The van der Waals surface area contributed by atoms with Crippen molar-refractivity contribution in [1.82, 2.24) is 5.43 Å². The van der Waals surface area contributed by atoms with Crippen molar-refractivity contribution in [2.75, 3.05) is 0 Å². The monoisotopic (exact) mass is 431 g/mol. The number of phenolic OH excluding ortho intramolecular Hbond substituents is 1. The Morgan fingerprint density at radius 1 is 1.09 bits per heavy atom. The molecule has 0 fully saturated rings. The van der Waals surface area contributed by atoms with Gasteiger partial charge in [-0.05, 0) is 36.6 Å². The molecule has 4 N–H and O–H groups in total. The maximum Gasteiger partial charge on any atom is 0.265 e. The number of hydrazine groups is 1. The maximum absolute atomic E-state index is 11.5. The number of aromatic hydroxyl groups is 1. The van der Waals surface area contributed by atoms with Crippen LogP contribution in [-0.4, -0.2) is 11.0 Å². The topological polar surface area (TPSA) is 75.4 Å². The van der Waals surface area contributed by atoms with Crippen LogP contribution in [0.25, 0.3) is 0 Å². The Bertz CT molecular complexity index is 439. The van der Waals surface area contributed by atoms with E-state index in [1.54, 1.807) is 18.2 Å². The molecule has 0 aliphatic rings. The minimum atomic E-state index is -0.332. The average Bonchev–Trinajstić information content (AvgIpc) is 2.50. The largest absolute Gasteiger partial charge is 0.508 e. The number of rotatable bonds is 10. The Kier molecular flexibility index (Phi) is 13.2. The molecule has 1 amide bonds. The predicted molar refractivity (Wildman–Crippen MR) is 85.8 cm³/mol. The predicted octanol–water partition coefficient (Wildman–Crippen LogP) is 3.49. The standard InChI is InChI=1S/C17H27N2O2.Ce/c1-2-3-4-5-6-7-8-9-10-14-13-15(17(21)19-18)11-12-16(14)20;/h11-13,20H,1-10,18H2,(H,19,21);/q-1;. The van der Waals surface area contributed by atoms with E-state index in [0.717, 1.165) is 31.2 Å². The van der Waals surface area contributed by atoms with E-state index in [1.165, 1.54) is 32.1 Å². The average molecular weight is 432 g/mol. The number of phenols is 1. The quantitative estimate of drug-likeness (QED) is 0.175. The zero-order chi connectivity index (χ0) is 15.5. The van der Waals surface area contributed by atoms with Gasteiger partial charge in [0.25, 0.3) is 5.91 Å². The van der Waals surface area contributed by atoms with Crippen LogP contribution in [0.3, 0.4) is 0 Å². The van der Waals surface area contributed by atoms with E-state index in [0.29, 0.717) is 5.56 Å². The molecule has 22 heavy (non-hydrogen) atoms. The first kappa shape index (κ1) is 21.8. The Morgan fingerprint density at radius 3 is 2.27 bits per heavy atom. The van der Waals surface area contributed by atoms with Crippen LogP contribution in [0, 0.1) is 48.7 Å². The fraction of sp³-hybridized carbons (Fsp3) is 0.529. The number of benzene rings is 1. The molecule has 0 saturated carbocycles. The summed E-state index contributed by atoms with van der Waals surface area (Å²) >= 11 is 0. The van der Waals surface area contributed by atoms with Gasteiger partial charge in [-0.2, -0.15) is 6.42 Å². The second kappa shape index (κ2) is 13.3. The molecule has 5 heteroatoms. The van der Waals surface area contributed by atoms with Crippen LogP contribution in [-0.2, 0) is 6.42 Å². The van der Waals surface area contributed by atoms with E-state index in [-0.39, 0.29) is 53.4 Å². The van der Waals surface area contributed by atoms with Crippen LogP contribution in [0.5, 0.6) is 5.75 Å². The van der Waals surface area contributed by atoms with Crippen molar-refractivity contribution >= 4 is 5.91 Å². The third-order valence-electron chi connectivity index (χ3n) is 3.67. The number of aryl methyl sites for hydroxylation is 1. The summed E-state index contributed by atoms with van der Waals surface area (Å²) in [7, 11) is 0. The zero-order valence-corrected chi connectivity index (χ0v) is 16.4. The number of carbonyl (C=O) groups excluding carboxylic acids is 1. The van der Waals surface area contributed by atoms with Gasteiger partial charge in [0.2, 0.25) is 0 Å². The molecule has 0 heterocycles. The normalized spacial score (nSPS) is 10.1. The van der Waals surface area contributed by atoms with Gasteiger partial charge in [-0.25, -0.2) is 5.84 Å². The maximum atomic E-state index is 11.5. The number of hydrogen-bond acceptors (Lipinski definition) is 3. The molecule has 0 spiro atoms. The number of carbonyl (C=O) groups is 1. The SMILES string of the molecule is [CH2-]CCCCCCCCCc1cc(C(=O)NN)ccc1O.[Ce]. The van der Waals surface area contributed by atoms with Crippen LogP contribution < -0.4 is 11.3 Å². The van der Waals surface area contributed by atoms with Gasteiger partial charge in [0.15, 0.2) is 0 Å². The van der Waals surface area contributed by atoms with E-state index in [9.17, 15) is 9.90 Å². The van der Waals surface area contributed by atoms with Gasteiger partial charge in [-0.1, -0.05) is 38.5 Å². The molecule has 0 bridgehead atoms. The minimum Gasteiger partial charge on any atom is -0.508 e. The zero-order valence-electron chi connectivity index (χ0n) is 13.2. The molecule has 1 aromatic carbocycles. The van der Waals surface area contributed by atoms with Crippen molar-refractivity contribution in [3.63, 3.8) is 0 Å². The Morgan fingerprint density at radius 2 is 1.68 bits per heavy atom. The summed E-state index contributed by atoms with van der Waals surface area (Å²) < 4.78 is 0. The first-order chi connectivity index (χ1) is 10.2. The van der Waals surface area contributed by atoms with E-state index >= 15 is 0 Å². The van der Waals surface area contributed by atoms with Gasteiger partial charge < -0.3 is 12.0 Å². The third-order valence-corrected chi connectivity index (χ3v) is 3.67. The first-order valence-corrected chi connectivity index (χ1v) is 7.81. The summed E-state index contributed by atoms with van der Waals surface area (Å²) in [4.78, 5) is 11.5. The van der Waals surface area contributed by atoms with Crippen LogP contribution in [0.15, 0.2) is 18.2 Å². The van der Waals surface area contributed by atoms with Gasteiger partial charge in [-0.3, -0.25) is 10.2 Å². The van der Waals surface area contributed by atoms with Gasteiger partial charge in [0, 0.05) is 47.3 Å². The molecule has 4 nitrogen and oxygen atoms in total. The summed E-state index contributed by atoms with van der Waals surface area (Å²) in [6.07, 6.45) is 10.3. The number of amides is 1. The van der Waals surface area contributed by atoms with E-state index < -0.39 is 0 Å². The van der Waals surface area contributed by atoms with Crippen LogP contribution in [0.4, 0.5) is 0 Å². The fourth-order valence-corrected chi connectivity index (χ4v) is 2.39. The van der Waals surface area contributed by atoms with Gasteiger partial charge >= 0.3 is 0 Å². The fourth-order valence-electron chi connectivity index (χ4n) is 2.39. The molecular weight excluding hydrogens is 404 g/mol. The van der Waals surface area contributed by atoms with Crippen molar-refractivity contribution in [2.24, 2.45) is 5.84 Å². The summed E-state index contributed by atoms with van der Waals surface area (Å²) in [5.74, 6) is 5.03. The number of nitrogens with two attached hydrogens (primary N) is 1. The van der Waals surface area contributed by atoms with Crippen LogP contribution >= 0.6 is 0 Å². The molecule has 0 unspecified atom stereocenters. The summed E-state index contributed by atoms with van der Waals surface area (Å²) in [5, 5.41) is 9.82. The smallest absolute Gasteiger partial charge is 0.265 e. The van der Waals surface area contributed by atoms with Gasteiger partial charge in [-0.15, -0.1) is 0 Å². The van der Waals surface area contributed by atoms with Crippen molar-refractivity contribution in [1.29, 1.82) is 0 Å². The molecule has 0 aliphatic heterocycles. The molecule has 1 aromatic rings. The molecule has 0 saturated heterocycles. The summed E-state index contributed by atoms with van der Waals surface area (Å²) in [6.45, 7) is 3.84. The molecule has 1 rings (SSSR count). The van der Waals surface area contributed by atoms with E-state index in [1.807, 2.05) is 0 Å². The van der Waals surface area contributed by atoms with E-state index in [2.05, 4.69) is 12.3 Å². The van der Waals surface area contributed by atoms with Crippen molar-refractivity contribution in [3.05, 3.63) is 36.2 Å². The Balaban J connectivity index is 0.00000441. The van der Waals surface area contributed by atoms with Gasteiger partial charge in [0.05, 0.1) is 0 Å². The van der Waals surface area contributed by atoms with Crippen molar-refractivity contribution in [2.45, 2.75) is 57.8 Å². The second-order valence-corrected chi connectivity index (χ2v) is 5.40. The molecule has 0 atom stereocenters. The van der Waals surface area contributed by atoms with Crippen molar-refractivity contribution in [3.8, 4) is 5.75 Å². The van der Waals surface area contributed by atoms with Crippen molar-refractivity contribution < 1.29 is 51.6 Å². The Labute approximate surface area is 167 Å². The molecular formula is C17H27CeN2O2-. The van der Waals surface area contributed by atoms with Crippen LogP contribution in [0.2, 0.25) is 0 Å². The minimum absolute atomic E-state index is 0. The molecule has 0 radical (unpaired) electrons. The number of nitrogen functional groups attached to an aromatic ring is 1. The summed E-state index contributed by atoms with van der Waals surface area (Å²) in [5.41, 5.74) is 3.40. The van der Waals surface area contributed by atoms with Crippen LogP contribution in [0.1, 0.15) is 67.3 Å². The molecule has 0 aliphatic carbocycles. The number of hydrogen-bond donors (Lipinski definition) is 3. The number of nitrogens with one attached hydrogen (secondary N) is 1. The van der Waals surface area contributed by atoms with Gasteiger partial charge in [0.1, 0.15) is 5.75 Å². The Hall–Kier alpha value is -0.173. The third kappa shape index (κ3) is 8.46. The van der Waals surface area contributed by atoms with E-state index in [4.69, 9.17) is 5.84 Å². The molecule has 122 valence electrons.